The molecule has 0 spiro atoms. The molecule has 5 heteroatoms. The predicted molar refractivity (Wildman–Crippen MR) is 87.9 cm³/mol. The van der Waals surface area contributed by atoms with Gasteiger partial charge in [-0.25, -0.2) is 4.79 Å². The zero-order valence-corrected chi connectivity index (χ0v) is 15.0. The maximum atomic E-state index is 12.6. The number of benzene rings is 1. The highest BCUT2D eigenvalue weighted by molar-refractivity contribution is 9.10. The van der Waals surface area contributed by atoms with E-state index in [0.717, 1.165) is 10.9 Å². The summed E-state index contributed by atoms with van der Waals surface area (Å²) in [7, 11) is 0. The van der Waals surface area contributed by atoms with Gasteiger partial charge in [-0.3, -0.25) is 4.90 Å². The number of hydrogen-bond donors (Lipinski definition) is 0. The molecule has 1 aliphatic carbocycles. The number of fused-ring (bicyclic) bond motifs is 3. The zero-order chi connectivity index (χ0) is 16.1. The summed E-state index contributed by atoms with van der Waals surface area (Å²) >= 11 is 3.51. The lowest BCUT2D eigenvalue weighted by molar-refractivity contribution is -0.106. The van der Waals surface area contributed by atoms with Gasteiger partial charge in [0.15, 0.2) is 0 Å². The lowest BCUT2D eigenvalue weighted by Crippen LogP contribution is -2.51. The van der Waals surface area contributed by atoms with E-state index in [0.29, 0.717) is 6.54 Å². The zero-order valence-electron chi connectivity index (χ0n) is 13.4. The van der Waals surface area contributed by atoms with Crippen molar-refractivity contribution in [2.24, 2.45) is 0 Å². The Morgan fingerprint density at radius 2 is 2.14 bits per heavy atom. The summed E-state index contributed by atoms with van der Waals surface area (Å²) in [6.45, 7) is 8.25. The average molecular weight is 368 g/mol. The van der Waals surface area contributed by atoms with E-state index in [9.17, 15) is 4.79 Å². The van der Waals surface area contributed by atoms with E-state index in [4.69, 9.17) is 9.47 Å². The van der Waals surface area contributed by atoms with Gasteiger partial charge in [0, 0.05) is 10.9 Å². The van der Waals surface area contributed by atoms with Crippen molar-refractivity contribution >= 4 is 22.0 Å². The van der Waals surface area contributed by atoms with Gasteiger partial charge in [-0.15, -0.1) is 0 Å². The van der Waals surface area contributed by atoms with Crippen LogP contribution >= 0.6 is 15.9 Å². The third-order valence-corrected chi connectivity index (χ3v) is 4.51. The van der Waals surface area contributed by atoms with Crippen molar-refractivity contribution in [3.05, 3.63) is 33.8 Å². The van der Waals surface area contributed by atoms with Gasteiger partial charge >= 0.3 is 6.09 Å². The largest absolute Gasteiger partial charge is 0.444 e. The minimum atomic E-state index is -0.491. The molecule has 2 aliphatic rings. The first-order valence-electron chi connectivity index (χ1n) is 7.68. The Balaban J connectivity index is 1.92. The molecular weight excluding hydrogens is 346 g/mol. The molecule has 0 saturated carbocycles. The van der Waals surface area contributed by atoms with Crippen LogP contribution in [0.1, 0.15) is 44.9 Å². The van der Waals surface area contributed by atoms with Crippen molar-refractivity contribution < 1.29 is 14.3 Å². The normalized spacial score (nSPS) is 27.3. The van der Waals surface area contributed by atoms with Gasteiger partial charge in [0.25, 0.3) is 0 Å². The molecule has 1 heterocycles. The second-order valence-electron chi connectivity index (χ2n) is 7.11. The van der Waals surface area contributed by atoms with Crippen LogP contribution in [0.15, 0.2) is 22.7 Å². The Bertz CT molecular complexity index is 596. The van der Waals surface area contributed by atoms with Crippen LogP contribution in [0.2, 0.25) is 0 Å². The first-order valence-corrected chi connectivity index (χ1v) is 8.47. The van der Waals surface area contributed by atoms with Crippen LogP contribution in [0.4, 0.5) is 4.79 Å². The fourth-order valence-electron chi connectivity index (χ4n) is 3.30. The number of carbonyl (C=O) groups excluding carboxylic acids is 1. The molecule has 0 bridgehead atoms. The third kappa shape index (κ3) is 3.01. The Hall–Kier alpha value is -1.07. The number of hydrogen-bond acceptors (Lipinski definition) is 3. The molecule has 3 atom stereocenters. The van der Waals surface area contributed by atoms with E-state index < -0.39 is 5.60 Å². The number of nitrogens with zero attached hydrogens (tertiary/aromatic N) is 1. The summed E-state index contributed by atoms with van der Waals surface area (Å²) in [4.78, 5) is 14.5. The van der Waals surface area contributed by atoms with E-state index in [1.54, 1.807) is 0 Å². The average Bonchev–Trinajstić information content (AvgIpc) is 2.72. The molecule has 120 valence electrons. The van der Waals surface area contributed by atoms with Crippen LogP contribution < -0.4 is 0 Å². The number of ether oxygens (including phenoxy) is 2. The molecule has 1 aromatic carbocycles. The van der Waals surface area contributed by atoms with Crippen molar-refractivity contribution in [1.29, 1.82) is 0 Å². The lowest BCUT2D eigenvalue weighted by Gasteiger charge is -2.41. The van der Waals surface area contributed by atoms with Gasteiger partial charge in [-0.1, -0.05) is 22.0 Å². The molecule has 3 unspecified atom stereocenters. The molecule has 22 heavy (non-hydrogen) atoms. The van der Waals surface area contributed by atoms with Gasteiger partial charge in [0.2, 0.25) is 0 Å². The molecule has 4 nitrogen and oxygen atoms in total. The van der Waals surface area contributed by atoms with Crippen molar-refractivity contribution in [3.63, 3.8) is 0 Å². The van der Waals surface area contributed by atoms with E-state index in [2.05, 4.69) is 28.1 Å². The summed E-state index contributed by atoms with van der Waals surface area (Å²) in [6, 6.07) is 6.18. The molecule has 0 aromatic heterocycles. The number of amides is 1. The first kappa shape index (κ1) is 15.8. The minimum absolute atomic E-state index is 0.0144. The van der Waals surface area contributed by atoms with Crippen LogP contribution in [0.3, 0.4) is 0 Å². The maximum absolute atomic E-state index is 12.6. The van der Waals surface area contributed by atoms with Crippen molar-refractivity contribution in [2.75, 3.05) is 6.54 Å². The molecule has 0 radical (unpaired) electrons. The monoisotopic (exact) mass is 367 g/mol. The predicted octanol–water partition coefficient (Wildman–Crippen LogP) is 4.07. The highest BCUT2D eigenvalue weighted by Gasteiger charge is 2.45. The number of rotatable bonds is 0. The molecule has 1 saturated heterocycles. The Kier molecular flexibility index (Phi) is 3.98. The van der Waals surface area contributed by atoms with Gasteiger partial charge < -0.3 is 9.47 Å². The Morgan fingerprint density at radius 3 is 2.82 bits per heavy atom. The SMILES string of the molecule is CC1CN(C(=O)OC(C)(C)C)C2c3ccc(Br)cc3CC2O1. The fourth-order valence-corrected chi connectivity index (χ4v) is 3.71. The number of morpholine rings is 1. The number of carbonyl (C=O) groups is 1. The summed E-state index contributed by atoms with van der Waals surface area (Å²) in [5, 5.41) is 0. The molecular formula is C17H22BrNO3. The molecule has 1 aliphatic heterocycles. The maximum Gasteiger partial charge on any atom is 0.410 e. The second-order valence-corrected chi connectivity index (χ2v) is 8.03. The van der Waals surface area contributed by atoms with E-state index in [1.165, 1.54) is 11.1 Å². The van der Waals surface area contributed by atoms with Crippen molar-refractivity contribution in [2.45, 2.75) is 58.0 Å². The van der Waals surface area contributed by atoms with Crippen LogP contribution in [0.25, 0.3) is 0 Å². The van der Waals surface area contributed by atoms with Crippen LogP contribution in [0.5, 0.6) is 0 Å². The Morgan fingerprint density at radius 1 is 1.41 bits per heavy atom. The quantitative estimate of drug-likeness (QED) is 0.693. The molecule has 0 N–H and O–H groups in total. The van der Waals surface area contributed by atoms with E-state index >= 15 is 0 Å². The fraction of sp³-hybridized carbons (Fsp3) is 0.588. The van der Waals surface area contributed by atoms with E-state index in [-0.39, 0.29) is 24.3 Å². The molecule has 1 amide bonds. The second kappa shape index (κ2) is 5.53. The summed E-state index contributed by atoms with van der Waals surface area (Å²) in [6.07, 6.45) is 0.615. The third-order valence-electron chi connectivity index (χ3n) is 4.02. The lowest BCUT2D eigenvalue weighted by atomic mass is 10.0. The molecule has 1 aromatic rings. The van der Waals surface area contributed by atoms with Crippen molar-refractivity contribution in [3.8, 4) is 0 Å². The smallest absolute Gasteiger partial charge is 0.410 e. The highest BCUT2D eigenvalue weighted by Crippen LogP contribution is 2.42. The van der Waals surface area contributed by atoms with Crippen LogP contribution in [-0.2, 0) is 15.9 Å². The number of halogens is 1. The Labute approximate surface area is 139 Å². The summed E-state index contributed by atoms with van der Waals surface area (Å²) in [5.74, 6) is 0. The molecule has 3 rings (SSSR count). The van der Waals surface area contributed by atoms with Gasteiger partial charge in [-0.2, -0.15) is 0 Å². The van der Waals surface area contributed by atoms with Gasteiger partial charge in [0.05, 0.1) is 24.8 Å². The van der Waals surface area contributed by atoms with Crippen LogP contribution in [-0.4, -0.2) is 35.3 Å². The summed E-state index contributed by atoms with van der Waals surface area (Å²) in [5.41, 5.74) is 1.92. The minimum Gasteiger partial charge on any atom is -0.444 e. The standard InChI is InChI=1S/C17H22BrNO3/c1-10-9-19(16(20)22-17(2,3)4)15-13-6-5-12(18)7-11(13)8-14(15)21-10/h5-7,10,14-15H,8-9H2,1-4H3. The topological polar surface area (TPSA) is 38.8 Å². The first-order chi connectivity index (χ1) is 10.2. The molecule has 1 fully saturated rings. The summed E-state index contributed by atoms with van der Waals surface area (Å²) < 4.78 is 12.7. The van der Waals surface area contributed by atoms with Crippen LogP contribution in [0, 0.1) is 0 Å². The van der Waals surface area contributed by atoms with Gasteiger partial charge in [-0.05, 0) is 51.0 Å². The highest BCUT2D eigenvalue weighted by atomic mass is 79.9. The van der Waals surface area contributed by atoms with Crippen molar-refractivity contribution in [1.82, 2.24) is 4.90 Å². The van der Waals surface area contributed by atoms with E-state index in [1.807, 2.05) is 38.7 Å². The van der Waals surface area contributed by atoms with Gasteiger partial charge in [0.1, 0.15) is 5.60 Å².